The van der Waals surface area contributed by atoms with Gasteiger partial charge < -0.3 is 10.1 Å². The SMILES string of the molecule is COc1cccc(CNC(=O)CCCN(c2cccc(C)c2)S(C)(=O)=O)c1. The van der Waals surface area contributed by atoms with Crippen LogP contribution in [-0.4, -0.2) is 34.2 Å². The number of methoxy groups -OCH3 is 1. The fourth-order valence-corrected chi connectivity index (χ4v) is 3.68. The Morgan fingerprint density at radius 2 is 1.89 bits per heavy atom. The summed E-state index contributed by atoms with van der Waals surface area (Å²) in [6.07, 6.45) is 1.87. The fraction of sp³-hybridized carbons (Fsp3) is 0.350. The van der Waals surface area contributed by atoms with Crippen LogP contribution >= 0.6 is 0 Å². The molecule has 0 spiro atoms. The van der Waals surface area contributed by atoms with Gasteiger partial charge in [0.25, 0.3) is 0 Å². The second kappa shape index (κ2) is 9.41. The zero-order chi connectivity index (χ0) is 19.9. The third-order valence-corrected chi connectivity index (χ3v) is 5.27. The van der Waals surface area contributed by atoms with Gasteiger partial charge in [0.15, 0.2) is 0 Å². The number of hydrogen-bond acceptors (Lipinski definition) is 4. The van der Waals surface area contributed by atoms with Gasteiger partial charge in [0.1, 0.15) is 5.75 Å². The standard InChI is InChI=1S/C20H26N2O4S/c1-16-7-4-9-18(13-16)22(27(3,24)25)12-6-11-20(23)21-15-17-8-5-10-19(14-17)26-2/h4-5,7-10,13-14H,6,11-12,15H2,1-3H3,(H,21,23). The first-order valence-corrected chi connectivity index (χ1v) is 10.6. The van der Waals surface area contributed by atoms with Crippen molar-refractivity contribution in [3.63, 3.8) is 0 Å². The van der Waals surface area contributed by atoms with E-state index in [1.54, 1.807) is 13.2 Å². The minimum atomic E-state index is -3.41. The Morgan fingerprint density at radius 1 is 1.15 bits per heavy atom. The predicted molar refractivity (Wildman–Crippen MR) is 107 cm³/mol. The lowest BCUT2D eigenvalue weighted by Gasteiger charge is -2.22. The molecular weight excluding hydrogens is 364 g/mol. The number of carbonyl (C=O) groups excluding carboxylic acids is 1. The Morgan fingerprint density at radius 3 is 2.56 bits per heavy atom. The molecule has 0 saturated carbocycles. The largest absolute Gasteiger partial charge is 0.497 e. The molecule has 1 amide bonds. The van der Waals surface area contributed by atoms with Crippen molar-refractivity contribution in [1.82, 2.24) is 5.32 Å². The van der Waals surface area contributed by atoms with Gasteiger partial charge in [-0.05, 0) is 48.7 Å². The summed E-state index contributed by atoms with van der Waals surface area (Å²) in [5.41, 5.74) is 2.55. The molecule has 0 aliphatic rings. The average molecular weight is 391 g/mol. The van der Waals surface area contributed by atoms with Crippen LogP contribution in [0.1, 0.15) is 24.0 Å². The van der Waals surface area contributed by atoms with Gasteiger partial charge >= 0.3 is 0 Å². The summed E-state index contributed by atoms with van der Waals surface area (Å²) in [7, 11) is -1.81. The molecular formula is C20H26N2O4S. The summed E-state index contributed by atoms with van der Waals surface area (Å²) in [5, 5.41) is 2.85. The molecule has 0 radical (unpaired) electrons. The van der Waals surface area contributed by atoms with Gasteiger partial charge in [-0.25, -0.2) is 8.42 Å². The molecule has 146 valence electrons. The second-order valence-electron chi connectivity index (χ2n) is 6.41. The first kappa shape index (κ1) is 20.8. The van der Waals surface area contributed by atoms with Crippen LogP contribution in [0.15, 0.2) is 48.5 Å². The molecule has 0 bridgehead atoms. The number of ether oxygens (including phenoxy) is 1. The predicted octanol–water partition coefficient (Wildman–Crippen LogP) is 2.87. The summed E-state index contributed by atoms with van der Waals surface area (Å²) in [6.45, 7) is 2.58. The van der Waals surface area contributed by atoms with Crippen LogP contribution in [0.2, 0.25) is 0 Å². The molecule has 0 aliphatic heterocycles. The Balaban J connectivity index is 1.87. The Kier molecular flexibility index (Phi) is 7.24. The highest BCUT2D eigenvalue weighted by Gasteiger charge is 2.17. The van der Waals surface area contributed by atoms with Crippen molar-refractivity contribution in [1.29, 1.82) is 0 Å². The van der Waals surface area contributed by atoms with Crippen molar-refractivity contribution in [3.8, 4) is 5.75 Å². The normalized spacial score (nSPS) is 11.1. The monoisotopic (exact) mass is 390 g/mol. The minimum Gasteiger partial charge on any atom is -0.497 e. The molecule has 2 aromatic carbocycles. The summed E-state index contributed by atoms with van der Waals surface area (Å²) >= 11 is 0. The van der Waals surface area contributed by atoms with Gasteiger partial charge in [-0.2, -0.15) is 0 Å². The van der Waals surface area contributed by atoms with Crippen LogP contribution in [0, 0.1) is 6.92 Å². The van der Waals surface area contributed by atoms with Crippen LogP contribution in [0.5, 0.6) is 5.75 Å². The van der Waals surface area contributed by atoms with E-state index in [4.69, 9.17) is 4.74 Å². The van der Waals surface area contributed by atoms with E-state index in [1.165, 1.54) is 10.6 Å². The van der Waals surface area contributed by atoms with E-state index in [2.05, 4.69) is 5.32 Å². The minimum absolute atomic E-state index is 0.115. The number of hydrogen-bond donors (Lipinski definition) is 1. The molecule has 2 aromatic rings. The molecule has 0 heterocycles. The van der Waals surface area contributed by atoms with Gasteiger partial charge in [0, 0.05) is 19.5 Å². The molecule has 27 heavy (non-hydrogen) atoms. The molecule has 0 atom stereocenters. The zero-order valence-electron chi connectivity index (χ0n) is 15.9. The number of sulfonamides is 1. The third-order valence-electron chi connectivity index (χ3n) is 4.08. The molecule has 2 rings (SSSR count). The molecule has 1 N–H and O–H groups in total. The number of anilines is 1. The van der Waals surface area contributed by atoms with E-state index in [-0.39, 0.29) is 18.9 Å². The van der Waals surface area contributed by atoms with E-state index in [0.717, 1.165) is 16.9 Å². The van der Waals surface area contributed by atoms with Crippen LogP contribution in [0.3, 0.4) is 0 Å². The molecule has 0 fully saturated rings. The molecule has 0 saturated heterocycles. The van der Waals surface area contributed by atoms with E-state index in [0.29, 0.717) is 18.7 Å². The van der Waals surface area contributed by atoms with Crippen molar-refractivity contribution in [3.05, 3.63) is 59.7 Å². The zero-order valence-corrected chi connectivity index (χ0v) is 16.8. The summed E-state index contributed by atoms with van der Waals surface area (Å²) < 4.78 is 30.7. The van der Waals surface area contributed by atoms with Gasteiger partial charge in [-0.15, -0.1) is 0 Å². The van der Waals surface area contributed by atoms with Gasteiger partial charge in [-0.1, -0.05) is 24.3 Å². The molecule has 7 heteroatoms. The average Bonchev–Trinajstić information content (AvgIpc) is 2.62. The number of rotatable bonds is 9. The van der Waals surface area contributed by atoms with E-state index in [9.17, 15) is 13.2 Å². The number of nitrogens with one attached hydrogen (secondary N) is 1. The maximum Gasteiger partial charge on any atom is 0.232 e. The maximum atomic E-state index is 12.1. The van der Waals surface area contributed by atoms with Crippen LogP contribution in [0.25, 0.3) is 0 Å². The van der Waals surface area contributed by atoms with Crippen LogP contribution < -0.4 is 14.4 Å². The molecule has 0 aromatic heterocycles. The van der Waals surface area contributed by atoms with Gasteiger partial charge in [-0.3, -0.25) is 9.10 Å². The lowest BCUT2D eigenvalue weighted by molar-refractivity contribution is -0.121. The van der Waals surface area contributed by atoms with Crippen molar-refractivity contribution < 1.29 is 17.9 Å². The Labute approximate surface area is 161 Å². The quantitative estimate of drug-likeness (QED) is 0.714. The highest BCUT2D eigenvalue weighted by Crippen LogP contribution is 2.19. The first-order chi connectivity index (χ1) is 12.8. The van der Waals surface area contributed by atoms with Crippen molar-refractivity contribution >= 4 is 21.6 Å². The number of aryl methyl sites for hydroxylation is 1. The van der Waals surface area contributed by atoms with Crippen molar-refractivity contribution in [2.45, 2.75) is 26.3 Å². The number of nitrogens with zero attached hydrogens (tertiary/aromatic N) is 1. The number of carbonyl (C=O) groups is 1. The van der Waals surface area contributed by atoms with Gasteiger partial charge in [0.2, 0.25) is 15.9 Å². The number of amides is 1. The molecule has 0 unspecified atom stereocenters. The summed E-state index contributed by atoms with van der Waals surface area (Å²) in [6, 6.07) is 14.8. The van der Waals surface area contributed by atoms with E-state index >= 15 is 0 Å². The maximum absolute atomic E-state index is 12.1. The third kappa shape index (κ3) is 6.60. The van der Waals surface area contributed by atoms with Crippen molar-refractivity contribution in [2.75, 3.05) is 24.2 Å². The lowest BCUT2D eigenvalue weighted by Crippen LogP contribution is -2.32. The van der Waals surface area contributed by atoms with E-state index in [1.807, 2.05) is 49.4 Å². The lowest BCUT2D eigenvalue weighted by atomic mass is 10.2. The number of benzene rings is 2. The Bertz CT molecular complexity index is 881. The topological polar surface area (TPSA) is 75.7 Å². The van der Waals surface area contributed by atoms with Crippen molar-refractivity contribution in [2.24, 2.45) is 0 Å². The van der Waals surface area contributed by atoms with Crippen LogP contribution in [-0.2, 0) is 21.4 Å². The highest BCUT2D eigenvalue weighted by atomic mass is 32.2. The fourth-order valence-electron chi connectivity index (χ4n) is 2.72. The molecule has 0 aliphatic carbocycles. The summed E-state index contributed by atoms with van der Waals surface area (Å²) in [4.78, 5) is 12.1. The Hall–Kier alpha value is -2.54. The smallest absolute Gasteiger partial charge is 0.232 e. The highest BCUT2D eigenvalue weighted by molar-refractivity contribution is 7.92. The first-order valence-electron chi connectivity index (χ1n) is 8.73. The molecule has 6 nitrogen and oxygen atoms in total. The van der Waals surface area contributed by atoms with Gasteiger partial charge in [0.05, 0.1) is 19.1 Å². The van der Waals surface area contributed by atoms with E-state index < -0.39 is 10.0 Å². The second-order valence-corrected chi connectivity index (χ2v) is 8.31. The summed E-state index contributed by atoms with van der Waals surface area (Å²) in [5.74, 6) is 0.624. The van der Waals surface area contributed by atoms with Crippen LogP contribution in [0.4, 0.5) is 5.69 Å².